The van der Waals surface area contributed by atoms with Gasteiger partial charge in [-0.05, 0) is 66.1 Å². The highest BCUT2D eigenvalue weighted by Crippen LogP contribution is 2.68. The third-order valence-corrected chi connectivity index (χ3v) is 11.4. The van der Waals surface area contributed by atoms with Gasteiger partial charge in [0, 0.05) is 25.5 Å². The van der Waals surface area contributed by atoms with Crippen molar-refractivity contribution in [3.63, 3.8) is 0 Å². The van der Waals surface area contributed by atoms with Crippen LogP contribution in [0.2, 0.25) is 5.02 Å². The summed E-state index contributed by atoms with van der Waals surface area (Å²) in [5.41, 5.74) is 1.75. The van der Waals surface area contributed by atoms with Gasteiger partial charge < -0.3 is 4.98 Å². The quantitative estimate of drug-likeness (QED) is 0.409. The molecule has 3 fully saturated rings. The number of thiazole rings is 1. The molecule has 2 aliphatic heterocycles. The van der Waals surface area contributed by atoms with Gasteiger partial charge in [-0.1, -0.05) is 51.0 Å². The minimum absolute atomic E-state index is 0.0433. The zero-order chi connectivity index (χ0) is 23.3. The second-order valence-corrected chi connectivity index (χ2v) is 13.1. The maximum absolute atomic E-state index is 13.7. The SMILES string of the molecule is O=C1[C@H]2[C@H]3C[C@@H]([C@@H]2C(=O)N1c1ccc(Cl)cc1)[C@H]1[C@H](c2ccc(Br)cc2)c2sc(=O)[nH]c2S[C@H]31. The number of imide groups is 1. The van der Waals surface area contributed by atoms with E-state index in [1.807, 2.05) is 12.1 Å². The Morgan fingerprint density at radius 3 is 2.32 bits per heavy atom. The molecule has 1 N–H and O–H groups in total. The van der Waals surface area contributed by atoms with Gasteiger partial charge in [0.05, 0.1) is 22.5 Å². The van der Waals surface area contributed by atoms with Crippen molar-refractivity contribution in [1.29, 1.82) is 0 Å². The maximum Gasteiger partial charge on any atom is 0.305 e. The Bertz CT molecular complexity index is 1400. The highest BCUT2D eigenvalue weighted by molar-refractivity contribution is 9.10. The lowest BCUT2D eigenvalue weighted by molar-refractivity contribution is -0.123. The zero-order valence-corrected chi connectivity index (χ0v) is 21.6. The molecule has 2 amide bonds. The molecule has 2 saturated carbocycles. The lowest BCUT2D eigenvalue weighted by atomic mass is 9.68. The van der Waals surface area contributed by atoms with Crippen molar-refractivity contribution >= 4 is 68.1 Å². The summed E-state index contributed by atoms with van der Waals surface area (Å²) in [5, 5.41) is 1.70. The number of aromatic nitrogens is 1. The number of carbonyl (C=O) groups is 2. The van der Waals surface area contributed by atoms with Gasteiger partial charge >= 0.3 is 4.87 Å². The van der Waals surface area contributed by atoms with Crippen LogP contribution in [0.1, 0.15) is 22.8 Å². The first-order valence-electron chi connectivity index (χ1n) is 11.2. The van der Waals surface area contributed by atoms with Crippen LogP contribution >= 0.6 is 50.6 Å². The zero-order valence-electron chi connectivity index (χ0n) is 17.6. The normalized spacial score (nSPS) is 33.2. The van der Waals surface area contributed by atoms with E-state index in [4.69, 9.17) is 11.6 Å². The van der Waals surface area contributed by atoms with Gasteiger partial charge in [0.25, 0.3) is 0 Å². The van der Waals surface area contributed by atoms with Crippen LogP contribution in [-0.4, -0.2) is 22.0 Å². The molecule has 3 heterocycles. The lowest BCUT2D eigenvalue weighted by Gasteiger charge is -2.43. The molecule has 7 rings (SSSR count). The van der Waals surface area contributed by atoms with Crippen molar-refractivity contribution in [3.8, 4) is 0 Å². The van der Waals surface area contributed by atoms with Crippen molar-refractivity contribution < 1.29 is 9.59 Å². The van der Waals surface area contributed by atoms with Crippen LogP contribution in [0.5, 0.6) is 0 Å². The van der Waals surface area contributed by atoms with Crippen LogP contribution in [0.15, 0.2) is 62.8 Å². The molecular formula is C25H18BrClN2O3S2. The van der Waals surface area contributed by atoms with Crippen LogP contribution in [0.25, 0.3) is 0 Å². The van der Waals surface area contributed by atoms with E-state index in [1.165, 1.54) is 16.2 Å². The molecule has 0 radical (unpaired) electrons. The van der Waals surface area contributed by atoms with Crippen LogP contribution < -0.4 is 9.77 Å². The van der Waals surface area contributed by atoms with Gasteiger partial charge in [-0.3, -0.25) is 19.3 Å². The molecule has 0 spiro atoms. The summed E-state index contributed by atoms with van der Waals surface area (Å²) in [6.07, 6.45) is 0.885. The Kier molecular flexibility index (Phi) is 4.76. The summed E-state index contributed by atoms with van der Waals surface area (Å²) in [6, 6.07) is 15.2. The average Bonchev–Trinajstić information content (AvgIpc) is 3.54. The minimum Gasteiger partial charge on any atom is -0.307 e. The maximum atomic E-state index is 13.7. The summed E-state index contributed by atoms with van der Waals surface area (Å²) in [7, 11) is 0. The van der Waals surface area contributed by atoms with E-state index in [-0.39, 0.29) is 57.4 Å². The summed E-state index contributed by atoms with van der Waals surface area (Å²) < 4.78 is 1.00. The molecular weight excluding hydrogens is 556 g/mol. The van der Waals surface area contributed by atoms with Crippen LogP contribution in [-0.2, 0) is 9.59 Å². The summed E-state index contributed by atoms with van der Waals surface area (Å²) in [5.74, 6) is -0.289. The van der Waals surface area contributed by atoms with E-state index in [1.54, 1.807) is 36.0 Å². The van der Waals surface area contributed by atoms with Gasteiger partial charge in [0.1, 0.15) is 0 Å². The first-order valence-corrected chi connectivity index (χ1v) is 14.1. The number of H-pyrrole nitrogens is 1. The fourth-order valence-corrected chi connectivity index (χ4v) is 10.2. The van der Waals surface area contributed by atoms with Gasteiger partial charge in [0.15, 0.2) is 0 Å². The number of benzene rings is 2. The Labute approximate surface area is 217 Å². The second kappa shape index (κ2) is 7.56. The molecule has 172 valence electrons. The van der Waals surface area contributed by atoms with Crippen LogP contribution in [0, 0.1) is 29.6 Å². The number of carbonyl (C=O) groups excluding carboxylic acids is 2. The summed E-state index contributed by atoms with van der Waals surface area (Å²) >= 11 is 12.6. The van der Waals surface area contributed by atoms with Crippen LogP contribution in [0.4, 0.5) is 5.69 Å². The highest BCUT2D eigenvalue weighted by Gasteiger charge is 2.69. The standard InChI is InChI=1S/C25H18BrClN2O3S2/c26-11-3-1-10(2-4-11)16-17-14-9-15(20(17)33-22-21(16)34-25(32)28-22)19-18(14)23(30)29(24(19)31)13-7-5-12(27)6-8-13/h1-8,14-20H,9H2,(H,28,32)/t14-,15-,16+,17+,18+,19+,20-/m1/s1. The number of rotatable bonds is 2. The predicted molar refractivity (Wildman–Crippen MR) is 137 cm³/mol. The van der Waals surface area contributed by atoms with Crippen molar-refractivity contribution in [3.05, 3.63) is 78.1 Å². The number of anilines is 1. The van der Waals surface area contributed by atoms with E-state index in [0.717, 1.165) is 26.4 Å². The summed E-state index contributed by atoms with van der Waals surface area (Å²) in [6.45, 7) is 0. The minimum atomic E-state index is -0.301. The van der Waals surface area contributed by atoms with Gasteiger partial charge in [-0.15, -0.1) is 11.8 Å². The molecule has 1 aromatic heterocycles. The number of hydrogen-bond acceptors (Lipinski definition) is 5. The lowest BCUT2D eigenvalue weighted by Crippen LogP contribution is -2.42. The first kappa shape index (κ1) is 21.4. The van der Waals surface area contributed by atoms with Gasteiger partial charge in [0.2, 0.25) is 11.8 Å². The van der Waals surface area contributed by atoms with Crippen molar-refractivity contribution in [2.75, 3.05) is 4.90 Å². The number of aromatic amines is 1. The topological polar surface area (TPSA) is 70.2 Å². The monoisotopic (exact) mass is 572 g/mol. The molecule has 1 saturated heterocycles. The smallest absolute Gasteiger partial charge is 0.305 e. The Hall–Kier alpha value is -1.87. The van der Waals surface area contributed by atoms with Crippen LogP contribution in [0.3, 0.4) is 0 Å². The third-order valence-electron chi connectivity index (χ3n) is 8.04. The number of thioether (sulfide) groups is 1. The van der Waals surface area contributed by atoms with E-state index in [2.05, 4.69) is 33.0 Å². The van der Waals surface area contributed by atoms with Gasteiger partial charge in [-0.25, -0.2) is 0 Å². The molecule has 0 unspecified atom stereocenters. The number of hydrogen-bond donors (Lipinski definition) is 1. The fourth-order valence-electron chi connectivity index (χ4n) is 6.90. The number of nitrogens with zero attached hydrogens (tertiary/aromatic N) is 1. The Balaban J connectivity index is 1.32. The molecule has 2 bridgehead atoms. The summed E-state index contributed by atoms with van der Waals surface area (Å²) in [4.78, 5) is 45.1. The Morgan fingerprint density at radius 1 is 0.941 bits per heavy atom. The highest BCUT2D eigenvalue weighted by atomic mass is 79.9. The molecule has 9 heteroatoms. The average molecular weight is 574 g/mol. The van der Waals surface area contributed by atoms with Crippen molar-refractivity contribution in [2.45, 2.75) is 22.6 Å². The number of amides is 2. The van der Waals surface area contributed by atoms with E-state index >= 15 is 0 Å². The number of nitrogens with one attached hydrogen (secondary N) is 1. The molecule has 2 aromatic carbocycles. The first-order chi connectivity index (χ1) is 16.4. The number of fused-ring (bicyclic) bond motifs is 9. The third kappa shape index (κ3) is 2.89. The molecule has 4 aliphatic rings. The van der Waals surface area contributed by atoms with Crippen molar-refractivity contribution in [1.82, 2.24) is 4.98 Å². The molecule has 5 nitrogen and oxygen atoms in total. The van der Waals surface area contributed by atoms with E-state index in [9.17, 15) is 14.4 Å². The molecule has 3 aromatic rings. The second-order valence-electron chi connectivity index (χ2n) is 9.50. The molecule has 2 aliphatic carbocycles. The fraction of sp³-hybridized carbons (Fsp3) is 0.320. The Morgan fingerprint density at radius 2 is 1.62 bits per heavy atom. The van der Waals surface area contributed by atoms with E-state index < -0.39 is 0 Å². The van der Waals surface area contributed by atoms with Crippen molar-refractivity contribution in [2.24, 2.45) is 29.6 Å². The number of halogens is 2. The molecule has 34 heavy (non-hydrogen) atoms. The predicted octanol–water partition coefficient (Wildman–Crippen LogP) is 5.53. The van der Waals surface area contributed by atoms with E-state index in [0.29, 0.717) is 10.7 Å². The molecule has 7 atom stereocenters. The largest absolute Gasteiger partial charge is 0.307 e. The van der Waals surface area contributed by atoms with Gasteiger partial charge in [-0.2, -0.15) is 0 Å².